The fourth-order valence-corrected chi connectivity index (χ4v) is 8.02. The predicted octanol–water partition coefficient (Wildman–Crippen LogP) is 6.16. The lowest BCUT2D eigenvalue weighted by atomic mass is 10.1. The average Bonchev–Trinajstić information content (AvgIpc) is 3.63. The molecule has 0 saturated carbocycles. The van der Waals surface area contributed by atoms with E-state index in [1.54, 1.807) is 10.8 Å². The molecule has 0 bridgehead atoms. The van der Waals surface area contributed by atoms with Crippen molar-refractivity contribution < 1.29 is 17.9 Å². The van der Waals surface area contributed by atoms with E-state index in [-0.39, 0.29) is 17.4 Å². The molecule has 0 radical (unpaired) electrons. The molecule has 4 aromatic rings. The van der Waals surface area contributed by atoms with Crippen LogP contribution in [-0.4, -0.2) is 50.9 Å². The monoisotopic (exact) mass is 621 g/mol. The van der Waals surface area contributed by atoms with Gasteiger partial charge in [-0.1, -0.05) is 65.9 Å². The van der Waals surface area contributed by atoms with E-state index in [0.717, 1.165) is 22.4 Å². The molecule has 41 heavy (non-hydrogen) atoms. The van der Waals surface area contributed by atoms with Crippen LogP contribution in [0.3, 0.4) is 0 Å². The standard InChI is InChI=1S/C30H24ClN3O4S3/c31-23-10-6-20(7-11-23)18-38-26-12-8-21(9-13-26)28-22(17-33(32-28)24-4-2-1-3-5-24)16-27-29(35)34(30(39)40-27)25-14-15-41(36,37)19-25/h1-13,16-17,25H,14-15,18-19H2/b27-16-. The van der Waals surface area contributed by atoms with E-state index in [4.69, 9.17) is 33.7 Å². The van der Waals surface area contributed by atoms with Gasteiger partial charge in [0.1, 0.15) is 16.7 Å². The molecule has 1 unspecified atom stereocenters. The van der Waals surface area contributed by atoms with Crippen molar-refractivity contribution in [2.24, 2.45) is 0 Å². The molecule has 0 N–H and O–H groups in total. The Kier molecular flexibility index (Phi) is 7.74. The Morgan fingerprint density at radius 1 is 1.05 bits per heavy atom. The number of halogens is 1. The molecule has 11 heteroatoms. The Hall–Kier alpha value is -3.44. The molecule has 1 amide bonds. The number of thioether (sulfide) groups is 1. The first kappa shape index (κ1) is 27.7. The number of hydrogen-bond donors (Lipinski definition) is 0. The van der Waals surface area contributed by atoms with Gasteiger partial charge in [0.05, 0.1) is 33.8 Å². The van der Waals surface area contributed by atoms with E-state index in [1.807, 2.05) is 85.1 Å². The normalized spacial score (nSPS) is 19.3. The van der Waals surface area contributed by atoms with Crippen LogP contribution in [0.4, 0.5) is 0 Å². The molecule has 1 aromatic heterocycles. The first-order chi connectivity index (χ1) is 19.8. The van der Waals surface area contributed by atoms with Crippen LogP contribution in [0.5, 0.6) is 5.75 Å². The van der Waals surface area contributed by atoms with Crippen molar-refractivity contribution in [1.29, 1.82) is 0 Å². The number of thiocarbonyl (C=S) groups is 1. The SMILES string of the molecule is O=C1/C(=C/c2cn(-c3ccccc3)nc2-c2ccc(OCc3ccc(Cl)cc3)cc2)SC(=S)N1C1CCS(=O)(=O)C1. The second-order valence-electron chi connectivity index (χ2n) is 9.76. The third kappa shape index (κ3) is 6.11. The topological polar surface area (TPSA) is 81.5 Å². The molecule has 3 heterocycles. The Bertz CT molecular complexity index is 1750. The van der Waals surface area contributed by atoms with Crippen molar-refractivity contribution >= 4 is 61.7 Å². The quantitative estimate of drug-likeness (QED) is 0.181. The number of benzene rings is 3. The summed E-state index contributed by atoms with van der Waals surface area (Å²) < 4.78 is 32.2. The van der Waals surface area contributed by atoms with Crippen molar-refractivity contribution in [1.82, 2.24) is 14.7 Å². The molecule has 208 valence electrons. The molecular weight excluding hydrogens is 598 g/mol. The molecule has 6 rings (SSSR count). The summed E-state index contributed by atoms with van der Waals surface area (Å²) in [4.78, 5) is 15.3. The van der Waals surface area contributed by atoms with Gasteiger partial charge in [0, 0.05) is 22.3 Å². The van der Waals surface area contributed by atoms with Crippen molar-refractivity contribution in [3.05, 3.63) is 106 Å². The summed E-state index contributed by atoms with van der Waals surface area (Å²) in [6, 6.07) is 24.4. The maximum atomic E-state index is 13.4. The van der Waals surface area contributed by atoms with Crippen LogP contribution >= 0.6 is 35.6 Å². The fraction of sp³-hybridized carbons (Fsp3) is 0.167. The first-order valence-electron chi connectivity index (χ1n) is 12.9. The number of carbonyl (C=O) groups is 1. The van der Waals surface area contributed by atoms with Gasteiger partial charge >= 0.3 is 0 Å². The highest BCUT2D eigenvalue weighted by Crippen LogP contribution is 2.38. The zero-order valence-electron chi connectivity index (χ0n) is 21.6. The minimum Gasteiger partial charge on any atom is -0.489 e. The number of hydrogen-bond acceptors (Lipinski definition) is 7. The Morgan fingerprint density at radius 3 is 2.46 bits per heavy atom. The highest BCUT2D eigenvalue weighted by atomic mass is 35.5. The smallest absolute Gasteiger partial charge is 0.266 e. The Balaban J connectivity index is 1.29. The zero-order chi connectivity index (χ0) is 28.6. The van der Waals surface area contributed by atoms with E-state index in [2.05, 4.69) is 0 Å². The van der Waals surface area contributed by atoms with Crippen molar-refractivity contribution in [3.8, 4) is 22.7 Å². The lowest BCUT2D eigenvalue weighted by molar-refractivity contribution is -0.123. The number of ether oxygens (including phenoxy) is 1. The van der Waals surface area contributed by atoms with Gasteiger partial charge in [-0.2, -0.15) is 5.10 Å². The number of amides is 1. The minimum atomic E-state index is -3.16. The van der Waals surface area contributed by atoms with Crippen LogP contribution in [0.2, 0.25) is 5.02 Å². The van der Waals surface area contributed by atoms with Gasteiger partial charge in [-0.05, 0) is 66.6 Å². The minimum absolute atomic E-state index is 0.0592. The maximum absolute atomic E-state index is 13.4. The highest BCUT2D eigenvalue weighted by Gasteiger charge is 2.42. The third-order valence-corrected chi connectivity index (χ3v) is 10.2. The van der Waals surface area contributed by atoms with Gasteiger partial charge in [-0.15, -0.1) is 0 Å². The largest absolute Gasteiger partial charge is 0.489 e. The second-order valence-corrected chi connectivity index (χ2v) is 14.1. The zero-order valence-corrected chi connectivity index (χ0v) is 24.8. The van der Waals surface area contributed by atoms with Crippen LogP contribution in [-0.2, 0) is 21.2 Å². The van der Waals surface area contributed by atoms with E-state index in [1.165, 1.54) is 16.7 Å². The predicted molar refractivity (Wildman–Crippen MR) is 167 cm³/mol. The van der Waals surface area contributed by atoms with Gasteiger partial charge in [0.25, 0.3) is 5.91 Å². The number of para-hydroxylation sites is 1. The van der Waals surface area contributed by atoms with Crippen molar-refractivity contribution in [3.63, 3.8) is 0 Å². The maximum Gasteiger partial charge on any atom is 0.266 e. The van der Waals surface area contributed by atoms with E-state index in [0.29, 0.717) is 38.7 Å². The summed E-state index contributed by atoms with van der Waals surface area (Å²) in [5.74, 6) is 0.448. The van der Waals surface area contributed by atoms with Gasteiger partial charge in [0.15, 0.2) is 9.84 Å². The van der Waals surface area contributed by atoms with Gasteiger partial charge < -0.3 is 4.74 Å². The van der Waals surface area contributed by atoms with E-state index in [9.17, 15) is 13.2 Å². The van der Waals surface area contributed by atoms with Gasteiger partial charge in [-0.3, -0.25) is 9.69 Å². The molecule has 1 atom stereocenters. The van der Waals surface area contributed by atoms with Crippen LogP contribution in [0.15, 0.2) is 90.0 Å². The summed E-state index contributed by atoms with van der Waals surface area (Å²) in [7, 11) is -3.16. The molecule has 3 aromatic carbocycles. The third-order valence-electron chi connectivity index (χ3n) is 6.89. The Morgan fingerprint density at radius 2 is 1.78 bits per heavy atom. The molecule has 2 saturated heterocycles. The summed E-state index contributed by atoms with van der Waals surface area (Å²) in [6.45, 7) is 0.411. The molecule has 7 nitrogen and oxygen atoms in total. The first-order valence-corrected chi connectivity index (χ1v) is 16.3. The van der Waals surface area contributed by atoms with Crippen LogP contribution in [0, 0.1) is 0 Å². The van der Waals surface area contributed by atoms with E-state index >= 15 is 0 Å². The summed E-state index contributed by atoms with van der Waals surface area (Å²) in [6.07, 6.45) is 4.06. The molecule has 0 spiro atoms. The number of sulfone groups is 1. The molecule has 2 aliphatic rings. The Labute approximate surface area is 252 Å². The molecule has 2 fully saturated rings. The molecule has 2 aliphatic heterocycles. The van der Waals surface area contributed by atoms with Crippen LogP contribution in [0.25, 0.3) is 23.0 Å². The van der Waals surface area contributed by atoms with E-state index < -0.39 is 15.9 Å². The fourth-order valence-electron chi connectivity index (χ4n) is 4.80. The number of aromatic nitrogens is 2. The van der Waals surface area contributed by atoms with Crippen LogP contribution < -0.4 is 4.74 Å². The highest BCUT2D eigenvalue weighted by molar-refractivity contribution is 8.26. The van der Waals surface area contributed by atoms with Crippen LogP contribution in [0.1, 0.15) is 17.5 Å². The lowest BCUT2D eigenvalue weighted by Gasteiger charge is -2.20. The molecule has 0 aliphatic carbocycles. The summed E-state index contributed by atoms with van der Waals surface area (Å²) >= 11 is 12.7. The average molecular weight is 622 g/mol. The summed E-state index contributed by atoms with van der Waals surface area (Å²) in [5, 5.41) is 5.53. The van der Waals surface area contributed by atoms with Crippen molar-refractivity contribution in [2.45, 2.75) is 19.1 Å². The number of rotatable bonds is 7. The lowest BCUT2D eigenvalue weighted by Crippen LogP contribution is -2.39. The second kappa shape index (κ2) is 11.4. The van der Waals surface area contributed by atoms with Crippen molar-refractivity contribution in [2.75, 3.05) is 11.5 Å². The summed E-state index contributed by atoms with van der Waals surface area (Å²) in [5.41, 5.74) is 4.16. The van der Waals surface area contributed by atoms with Gasteiger partial charge in [-0.25, -0.2) is 13.1 Å². The number of carbonyl (C=O) groups excluding carboxylic acids is 1. The number of nitrogens with zero attached hydrogens (tertiary/aromatic N) is 3. The molecular formula is C30H24ClN3O4S3. The van der Waals surface area contributed by atoms with Gasteiger partial charge in [0.2, 0.25) is 0 Å².